The highest BCUT2D eigenvalue weighted by Crippen LogP contribution is 2.11. The molecule has 0 spiro atoms. The number of hydrogen-bond donors (Lipinski definition) is 1. The molecule has 140 valence electrons. The van der Waals surface area contributed by atoms with Gasteiger partial charge in [-0.1, -0.05) is 17.7 Å². The summed E-state index contributed by atoms with van der Waals surface area (Å²) in [6, 6.07) is 7.56. The second-order valence-electron chi connectivity index (χ2n) is 5.65. The van der Waals surface area contributed by atoms with E-state index in [-0.39, 0.29) is 26.2 Å². The van der Waals surface area contributed by atoms with Crippen LogP contribution in [0.5, 0.6) is 5.75 Å². The van der Waals surface area contributed by atoms with Gasteiger partial charge in [0, 0.05) is 32.7 Å². The van der Waals surface area contributed by atoms with Crippen LogP contribution in [-0.4, -0.2) is 69.7 Å². The van der Waals surface area contributed by atoms with E-state index in [1.807, 2.05) is 31.2 Å². The number of hydrogen-bond acceptors (Lipinski definition) is 5. The van der Waals surface area contributed by atoms with E-state index >= 15 is 0 Å². The Morgan fingerprint density at radius 2 is 1.80 bits per heavy atom. The van der Waals surface area contributed by atoms with Gasteiger partial charge in [-0.05, 0) is 26.0 Å². The number of piperazine rings is 1. The summed E-state index contributed by atoms with van der Waals surface area (Å²) in [4.78, 5) is 13.1. The van der Waals surface area contributed by atoms with Crippen LogP contribution in [0.2, 0.25) is 0 Å². The Hall–Kier alpha value is -1.84. The molecule has 1 saturated heterocycles. The highest BCUT2D eigenvalue weighted by Gasteiger charge is 2.28. The van der Waals surface area contributed by atoms with Crippen LogP contribution < -0.4 is 9.46 Å². The van der Waals surface area contributed by atoms with Crippen LogP contribution in [0.1, 0.15) is 12.5 Å². The van der Waals surface area contributed by atoms with E-state index in [0.29, 0.717) is 25.4 Å². The van der Waals surface area contributed by atoms with E-state index in [1.54, 1.807) is 6.92 Å². The first-order valence-electron chi connectivity index (χ1n) is 8.28. The van der Waals surface area contributed by atoms with Crippen molar-refractivity contribution in [3.05, 3.63) is 29.8 Å². The van der Waals surface area contributed by atoms with Crippen LogP contribution in [-0.2, 0) is 14.9 Å². The molecule has 0 unspecified atom stereocenters. The Bertz CT molecular complexity index is 655. The van der Waals surface area contributed by atoms with E-state index in [1.165, 1.54) is 9.21 Å². The van der Waals surface area contributed by atoms with Crippen LogP contribution >= 0.6 is 0 Å². The highest BCUT2D eigenvalue weighted by atomic mass is 32.2. The zero-order valence-corrected chi connectivity index (χ0v) is 15.4. The van der Waals surface area contributed by atoms with Gasteiger partial charge in [0.15, 0.2) is 0 Å². The van der Waals surface area contributed by atoms with Crippen molar-refractivity contribution in [3.8, 4) is 5.75 Å². The van der Waals surface area contributed by atoms with Crippen molar-refractivity contribution in [1.29, 1.82) is 0 Å². The first kappa shape index (κ1) is 19.5. The highest BCUT2D eigenvalue weighted by molar-refractivity contribution is 7.87. The number of aryl methyl sites for hydroxylation is 1. The Balaban J connectivity index is 1.72. The van der Waals surface area contributed by atoms with Crippen LogP contribution in [0, 0.1) is 6.92 Å². The molecule has 8 nitrogen and oxygen atoms in total. The van der Waals surface area contributed by atoms with Crippen LogP contribution in [0.4, 0.5) is 4.79 Å². The number of carbonyl (C=O) groups is 1. The molecule has 2 rings (SSSR count). The molecule has 1 aliphatic rings. The molecule has 1 N–H and O–H groups in total. The van der Waals surface area contributed by atoms with Gasteiger partial charge in [0.25, 0.3) is 10.2 Å². The summed E-state index contributed by atoms with van der Waals surface area (Å²) in [6.07, 6.45) is -0.404. The van der Waals surface area contributed by atoms with Gasteiger partial charge in [0.2, 0.25) is 0 Å². The molecule has 1 aliphatic heterocycles. The predicted octanol–water partition coefficient (Wildman–Crippen LogP) is 0.982. The molecule has 1 aromatic rings. The lowest BCUT2D eigenvalue weighted by Crippen LogP contribution is -2.53. The van der Waals surface area contributed by atoms with Crippen molar-refractivity contribution in [2.45, 2.75) is 13.8 Å². The molecular weight excluding hydrogens is 346 g/mol. The summed E-state index contributed by atoms with van der Waals surface area (Å²) in [5, 5.41) is 0. The molecule has 0 saturated carbocycles. The smallest absolute Gasteiger partial charge is 0.409 e. The molecule has 1 heterocycles. The fourth-order valence-corrected chi connectivity index (χ4v) is 3.56. The lowest BCUT2D eigenvalue weighted by molar-refractivity contribution is 0.0932. The van der Waals surface area contributed by atoms with Gasteiger partial charge in [-0.2, -0.15) is 17.4 Å². The zero-order valence-electron chi connectivity index (χ0n) is 14.6. The molecule has 0 bridgehead atoms. The third-order valence-electron chi connectivity index (χ3n) is 3.78. The second-order valence-corrected chi connectivity index (χ2v) is 7.40. The Morgan fingerprint density at radius 3 is 2.40 bits per heavy atom. The molecular formula is C16H25N3O5S. The number of carbonyl (C=O) groups excluding carboxylic acids is 1. The average molecular weight is 371 g/mol. The lowest BCUT2D eigenvalue weighted by Gasteiger charge is -2.33. The molecule has 0 aliphatic carbocycles. The van der Waals surface area contributed by atoms with Crippen molar-refractivity contribution in [1.82, 2.24) is 13.9 Å². The van der Waals surface area contributed by atoms with Crippen LogP contribution in [0.3, 0.4) is 0 Å². The summed E-state index contributed by atoms with van der Waals surface area (Å²) < 4.78 is 38.8. The summed E-state index contributed by atoms with van der Waals surface area (Å²) >= 11 is 0. The topological polar surface area (TPSA) is 88.2 Å². The summed E-state index contributed by atoms with van der Waals surface area (Å²) in [7, 11) is -3.58. The van der Waals surface area contributed by atoms with E-state index < -0.39 is 16.3 Å². The van der Waals surface area contributed by atoms with Gasteiger partial charge >= 0.3 is 6.09 Å². The largest absolute Gasteiger partial charge is 0.492 e. The van der Waals surface area contributed by atoms with Gasteiger partial charge in [-0.25, -0.2) is 4.79 Å². The van der Waals surface area contributed by atoms with Gasteiger partial charge in [0.05, 0.1) is 6.61 Å². The quantitative estimate of drug-likeness (QED) is 0.722. The number of nitrogens with one attached hydrogen (secondary N) is 1. The normalized spacial score (nSPS) is 15.8. The van der Waals surface area contributed by atoms with E-state index in [4.69, 9.17) is 9.47 Å². The second kappa shape index (κ2) is 9.02. The van der Waals surface area contributed by atoms with Crippen molar-refractivity contribution < 1.29 is 22.7 Å². The third-order valence-corrected chi connectivity index (χ3v) is 5.39. The fraction of sp³-hybridized carbons (Fsp3) is 0.562. The molecule has 0 aromatic heterocycles. The van der Waals surface area contributed by atoms with Crippen molar-refractivity contribution in [2.75, 3.05) is 45.9 Å². The van der Waals surface area contributed by atoms with E-state index in [9.17, 15) is 13.2 Å². The minimum atomic E-state index is -3.58. The number of amides is 1. The van der Waals surface area contributed by atoms with E-state index in [2.05, 4.69) is 4.72 Å². The molecule has 1 fully saturated rings. The minimum absolute atomic E-state index is 0.175. The Morgan fingerprint density at radius 1 is 1.16 bits per heavy atom. The first-order valence-corrected chi connectivity index (χ1v) is 9.72. The molecule has 9 heteroatoms. The summed E-state index contributed by atoms with van der Waals surface area (Å²) in [5.74, 6) is 0.702. The SMILES string of the molecule is CCOC(=O)N1CCN(S(=O)(=O)NCCOc2ccc(C)cc2)CC1. The van der Waals surface area contributed by atoms with Gasteiger partial charge in [-0.15, -0.1) is 0 Å². The predicted molar refractivity (Wildman–Crippen MR) is 93.8 cm³/mol. The summed E-state index contributed by atoms with van der Waals surface area (Å²) in [5.41, 5.74) is 1.13. The number of benzene rings is 1. The maximum absolute atomic E-state index is 12.3. The maximum Gasteiger partial charge on any atom is 0.409 e. The van der Waals surface area contributed by atoms with Crippen LogP contribution in [0.25, 0.3) is 0 Å². The molecule has 0 radical (unpaired) electrons. The van der Waals surface area contributed by atoms with Crippen molar-refractivity contribution in [3.63, 3.8) is 0 Å². The maximum atomic E-state index is 12.3. The van der Waals surface area contributed by atoms with Crippen molar-refractivity contribution >= 4 is 16.3 Å². The Kier molecular flexibility index (Phi) is 7.03. The number of rotatable bonds is 7. The average Bonchev–Trinajstić information content (AvgIpc) is 2.60. The standard InChI is InChI=1S/C16H25N3O5S/c1-3-23-16(20)18-9-11-19(12-10-18)25(21,22)17-8-13-24-15-6-4-14(2)5-7-15/h4-7,17H,3,8-13H2,1-2H3. The molecule has 25 heavy (non-hydrogen) atoms. The monoisotopic (exact) mass is 371 g/mol. The van der Waals surface area contributed by atoms with E-state index in [0.717, 1.165) is 5.56 Å². The molecule has 1 amide bonds. The fourth-order valence-electron chi connectivity index (χ4n) is 2.39. The van der Waals surface area contributed by atoms with Crippen molar-refractivity contribution in [2.24, 2.45) is 0 Å². The number of ether oxygens (including phenoxy) is 2. The van der Waals surface area contributed by atoms with Gasteiger partial charge in [-0.3, -0.25) is 0 Å². The van der Waals surface area contributed by atoms with Crippen LogP contribution in [0.15, 0.2) is 24.3 Å². The zero-order chi connectivity index (χ0) is 18.3. The molecule has 0 atom stereocenters. The van der Waals surface area contributed by atoms with Gasteiger partial charge < -0.3 is 14.4 Å². The summed E-state index contributed by atoms with van der Waals surface area (Å²) in [6.45, 7) is 5.57. The lowest BCUT2D eigenvalue weighted by atomic mass is 10.2. The first-order chi connectivity index (χ1) is 11.9. The molecule has 1 aromatic carbocycles. The van der Waals surface area contributed by atoms with Gasteiger partial charge in [0.1, 0.15) is 12.4 Å². The Labute approximate surface area is 148 Å². The number of nitrogens with zero attached hydrogens (tertiary/aromatic N) is 2. The minimum Gasteiger partial charge on any atom is -0.492 e. The third kappa shape index (κ3) is 5.87.